The molecule has 3 N–H and O–H groups in total. The lowest BCUT2D eigenvalue weighted by molar-refractivity contribution is -0.137. The molecule has 0 unspecified atom stereocenters. The van der Waals surface area contributed by atoms with Crippen molar-refractivity contribution >= 4 is 22.9 Å². The van der Waals surface area contributed by atoms with Gasteiger partial charge in [0.15, 0.2) is 0 Å². The summed E-state index contributed by atoms with van der Waals surface area (Å²) in [4.78, 5) is -0.264. The zero-order valence-corrected chi connectivity index (χ0v) is 11.9. The van der Waals surface area contributed by atoms with Gasteiger partial charge in [-0.15, -0.1) is 0 Å². The normalized spacial score (nSPS) is 11.4. The number of hydrogen-bond donors (Lipinski definition) is 2. The second-order valence-electron chi connectivity index (χ2n) is 4.10. The summed E-state index contributed by atoms with van der Waals surface area (Å²) in [6.07, 6.45) is -3.77. The maximum absolute atomic E-state index is 12.9. The zero-order chi connectivity index (χ0) is 15.2. The standard InChI is InChI=1S/C13H17F3N2OS/c1-2-19-7-3-6-18-9-4-5-10(12(17)20)11(8-9)13(14,15)16/h4-5,8,18H,2-3,6-7H2,1H3,(H2,17,20). The maximum atomic E-state index is 12.9. The first kappa shape index (κ1) is 16.7. The van der Waals surface area contributed by atoms with E-state index in [9.17, 15) is 13.2 Å². The van der Waals surface area contributed by atoms with E-state index in [2.05, 4.69) is 17.5 Å². The highest BCUT2D eigenvalue weighted by molar-refractivity contribution is 7.80. The van der Waals surface area contributed by atoms with Crippen LogP contribution < -0.4 is 11.1 Å². The van der Waals surface area contributed by atoms with Crippen LogP contribution in [0.1, 0.15) is 24.5 Å². The predicted octanol–water partition coefficient (Wildman–Crippen LogP) is 3.18. The Morgan fingerprint density at radius 1 is 1.40 bits per heavy atom. The first-order valence-electron chi connectivity index (χ1n) is 6.19. The summed E-state index contributed by atoms with van der Waals surface area (Å²) < 4.78 is 43.9. The van der Waals surface area contributed by atoms with Gasteiger partial charge in [-0.2, -0.15) is 13.2 Å². The Bertz CT molecular complexity index is 463. The topological polar surface area (TPSA) is 47.3 Å². The molecule has 0 aliphatic heterocycles. The fourth-order valence-electron chi connectivity index (χ4n) is 1.65. The Kier molecular flexibility index (Phi) is 6.22. The van der Waals surface area contributed by atoms with E-state index in [0.717, 1.165) is 6.07 Å². The number of hydrogen-bond acceptors (Lipinski definition) is 3. The van der Waals surface area contributed by atoms with Crippen LogP contribution in [0.25, 0.3) is 0 Å². The maximum Gasteiger partial charge on any atom is 0.417 e. The van der Waals surface area contributed by atoms with Crippen LogP contribution in [-0.4, -0.2) is 24.7 Å². The van der Waals surface area contributed by atoms with E-state index in [1.807, 2.05) is 6.92 Å². The predicted molar refractivity (Wildman–Crippen MR) is 76.9 cm³/mol. The van der Waals surface area contributed by atoms with Gasteiger partial charge in [0.05, 0.1) is 5.56 Å². The molecule has 1 aromatic rings. The largest absolute Gasteiger partial charge is 0.417 e. The molecule has 20 heavy (non-hydrogen) atoms. The van der Waals surface area contributed by atoms with Crippen LogP contribution in [0, 0.1) is 0 Å². The van der Waals surface area contributed by atoms with Gasteiger partial charge in [0, 0.05) is 31.0 Å². The molecule has 0 aliphatic rings. The van der Waals surface area contributed by atoms with Crippen molar-refractivity contribution in [1.29, 1.82) is 0 Å². The molecule has 0 spiro atoms. The van der Waals surface area contributed by atoms with Gasteiger partial charge in [0.2, 0.25) is 0 Å². The number of nitrogens with one attached hydrogen (secondary N) is 1. The quantitative estimate of drug-likeness (QED) is 0.600. The van der Waals surface area contributed by atoms with Gasteiger partial charge in [0.25, 0.3) is 0 Å². The van der Waals surface area contributed by atoms with Gasteiger partial charge in [-0.3, -0.25) is 0 Å². The molecule has 0 bridgehead atoms. The third-order valence-corrected chi connectivity index (χ3v) is 2.81. The summed E-state index contributed by atoms with van der Waals surface area (Å²) >= 11 is 4.64. The first-order chi connectivity index (χ1) is 9.36. The molecule has 112 valence electrons. The van der Waals surface area contributed by atoms with Gasteiger partial charge in [-0.25, -0.2) is 0 Å². The van der Waals surface area contributed by atoms with Crippen molar-refractivity contribution in [1.82, 2.24) is 0 Å². The molecule has 1 aromatic carbocycles. The van der Waals surface area contributed by atoms with Crippen molar-refractivity contribution in [2.45, 2.75) is 19.5 Å². The fraction of sp³-hybridized carbons (Fsp3) is 0.462. The molecular formula is C13H17F3N2OS. The zero-order valence-electron chi connectivity index (χ0n) is 11.1. The van der Waals surface area contributed by atoms with Crippen molar-refractivity contribution in [3.05, 3.63) is 29.3 Å². The number of benzene rings is 1. The second kappa shape index (κ2) is 7.44. The molecule has 7 heteroatoms. The molecule has 0 aromatic heterocycles. The number of ether oxygens (including phenoxy) is 1. The second-order valence-corrected chi connectivity index (χ2v) is 4.54. The minimum absolute atomic E-state index is 0.160. The van der Waals surface area contributed by atoms with Crippen LogP contribution >= 0.6 is 12.2 Å². The Morgan fingerprint density at radius 2 is 2.10 bits per heavy atom. The first-order valence-corrected chi connectivity index (χ1v) is 6.59. The van der Waals surface area contributed by atoms with Crippen molar-refractivity contribution in [2.24, 2.45) is 5.73 Å². The van der Waals surface area contributed by atoms with Gasteiger partial charge in [-0.1, -0.05) is 12.2 Å². The van der Waals surface area contributed by atoms with E-state index in [4.69, 9.17) is 10.5 Å². The third kappa shape index (κ3) is 4.97. The van der Waals surface area contributed by atoms with E-state index in [1.165, 1.54) is 12.1 Å². The summed E-state index contributed by atoms with van der Waals surface area (Å²) in [6.45, 7) is 3.61. The minimum Gasteiger partial charge on any atom is -0.389 e. The van der Waals surface area contributed by atoms with Gasteiger partial charge in [-0.05, 0) is 31.5 Å². The van der Waals surface area contributed by atoms with Crippen LogP contribution in [-0.2, 0) is 10.9 Å². The molecule has 0 amide bonds. The Labute approximate surface area is 121 Å². The molecule has 0 saturated heterocycles. The van der Waals surface area contributed by atoms with Crippen LogP contribution in [0.5, 0.6) is 0 Å². The summed E-state index contributed by atoms with van der Waals surface area (Å²) in [5, 5.41) is 2.92. The fourth-order valence-corrected chi connectivity index (χ4v) is 1.83. The lowest BCUT2D eigenvalue weighted by Gasteiger charge is -2.14. The number of halogens is 3. The molecule has 0 heterocycles. The lowest BCUT2D eigenvalue weighted by atomic mass is 10.1. The van der Waals surface area contributed by atoms with Crippen molar-refractivity contribution < 1.29 is 17.9 Å². The number of thiocarbonyl (C=S) groups is 1. The van der Waals surface area contributed by atoms with E-state index in [-0.39, 0.29) is 10.6 Å². The van der Waals surface area contributed by atoms with Crippen LogP contribution in [0.15, 0.2) is 18.2 Å². The SMILES string of the molecule is CCOCCCNc1ccc(C(N)=S)c(C(F)(F)F)c1. The average molecular weight is 306 g/mol. The third-order valence-electron chi connectivity index (χ3n) is 2.59. The minimum atomic E-state index is -4.48. The number of nitrogens with two attached hydrogens (primary N) is 1. The smallest absolute Gasteiger partial charge is 0.389 e. The molecule has 3 nitrogen and oxygen atoms in total. The Morgan fingerprint density at radius 3 is 2.65 bits per heavy atom. The van der Waals surface area contributed by atoms with E-state index >= 15 is 0 Å². The average Bonchev–Trinajstić information content (AvgIpc) is 2.37. The van der Waals surface area contributed by atoms with Gasteiger partial charge in [0.1, 0.15) is 4.99 Å². The Hall–Kier alpha value is -1.34. The molecule has 0 fully saturated rings. The lowest BCUT2D eigenvalue weighted by Crippen LogP contribution is -2.18. The highest BCUT2D eigenvalue weighted by atomic mass is 32.1. The molecule has 0 saturated carbocycles. The van der Waals surface area contributed by atoms with E-state index in [1.54, 1.807) is 0 Å². The highest BCUT2D eigenvalue weighted by Gasteiger charge is 2.34. The van der Waals surface area contributed by atoms with Crippen LogP contribution in [0.3, 0.4) is 0 Å². The molecular weight excluding hydrogens is 289 g/mol. The van der Waals surface area contributed by atoms with Crippen LogP contribution in [0.4, 0.5) is 18.9 Å². The molecule has 0 atom stereocenters. The summed E-state index contributed by atoms with van der Waals surface area (Å²) in [6, 6.07) is 3.84. The summed E-state index contributed by atoms with van der Waals surface area (Å²) in [5.41, 5.74) is 4.71. The van der Waals surface area contributed by atoms with Crippen molar-refractivity contribution in [3.8, 4) is 0 Å². The van der Waals surface area contributed by atoms with Crippen LogP contribution in [0.2, 0.25) is 0 Å². The van der Waals surface area contributed by atoms with Crippen molar-refractivity contribution in [3.63, 3.8) is 0 Å². The number of rotatable bonds is 7. The Balaban J connectivity index is 2.77. The molecule has 1 rings (SSSR count). The molecule has 0 aliphatic carbocycles. The van der Waals surface area contributed by atoms with Crippen molar-refractivity contribution in [2.75, 3.05) is 25.1 Å². The summed E-state index contributed by atoms with van der Waals surface area (Å²) in [7, 11) is 0. The number of anilines is 1. The van der Waals surface area contributed by atoms with E-state index in [0.29, 0.717) is 31.9 Å². The van der Waals surface area contributed by atoms with E-state index < -0.39 is 11.7 Å². The summed E-state index contributed by atoms with van der Waals surface area (Å²) in [5.74, 6) is 0. The number of alkyl halides is 3. The molecule has 0 radical (unpaired) electrons. The monoisotopic (exact) mass is 306 g/mol. The highest BCUT2D eigenvalue weighted by Crippen LogP contribution is 2.33. The van der Waals surface area contributed by atoms with Gasteiger partial charge < -0.3 is 15.8 Å². The van der Waals surface area contributed by atoms with Gasteiger partial charge >= 0.3 is 6.18 Å².